The highest BCUT2D eigenvalue weighted by Crippen LogP contribution is 2.52. The van der Waals surface area contributed by atoms with Gasteiger partial charge in [-0.3, -0.25) is 19.5 Å². The highest BCUT2D eigenvalue weighted by atomic mass is 16.2. The summed E-state index contributed by atoms with van der Waals surface area (Å²) in [6.07, 6.45) is 6.95. The van der Waals surface area contributed by atoms with Crippen molar-refractivity contribution >= 4 is 28.8 Å². The van der Waals surface area contributed by atoms with Crippen LogP contribution >= 0.6 is 0 Å². The fraction of sp³-hybridized carbons (Fsp3) is 0.478. The molecule has 8 nitrogen and oxygen atoms in total. The lowest BCUT2D eigenvalue weighted by Gasteiger charge is -2.18. The van der Waals surface area contributed by atoms with Gasteiger partial charge in [0.2, 0.25) is 11.8 Å². The number of aliphatic imine (C=N–C) groups is 1. The fourth-order valence-corrected chi connectivity index (χ4v) is 5.28. The molecule has 0 radical (unpaired) electrons. The van der Waals surface area contributed by atoms with Gasteiger partial charge in [-0.2, -0.15) is 0 Å². The second-order valence-electron chi connectivity index (χ2n) is 8.56. The number of nitrogens with zero attached hydrogens (tertiary/aromatic N) is 3. The minimum absolute atomic E-state index is 0.00225. The normalized spacial score (nSPS) is 26.9. The van der Waals surface area contributed by atoms with Gasteiger partial charge in [0.15, 0.2) is 5.96 Å². The standard InChI is InChI=1S/C23H28N6O2/c1-24-23(25-10-4-7-18-27-16-5-2-3-6-17(16)28-18)26-11-12-29-21(30)19-14-8-9-15(13-14)20(19)22(29)31/h2-3,5-6,8-9,14-15,19-20H,4,7,10-13H2,1H3,(H,27,28)(H2,24,25,26). The van der Waals surface area contributed by atoms with Gasteiger partial charge in [-0.1, -0.05) is 24.3 Å². The van der Waals surface area contributed by atoms with Crippen LogP contribution in [0.3, 0.4) is 0 Å². The number of hydrogen-bond acceptors (Lipinski definition) is 4. The highest BCUT2D eigenvalue weighted by molar-refractivity contribution is 6.06. The number of aromatic amines is 1. The van der Waals surface area contributed by atoms with Gasteiger partial charge >= 0.3 is 0 Å². The second kappa shape index (κ2) is 8.17. The number of benzene rings is 1. The summed E-state index contributed by atoms with van der Waals surface area (Å²) < 4.78 is 0. The van der Waals surface area contributed by atoms with Crippen molar-refractivity contribution in [1.82, 2.24) is 25.5 Å². The Morgan fingerprint density at radius 2 is 1.84 bits per heavy atom. The molecule has 3 aliphatic rings. The third-order valence-electron chi connectivity index (χ3n) is 6.73. The van der Waals surface area contributed by atoms with Crippen molar-refractivity contribution in [3.63, 3.8) is 0 Å². The first-order chi connectivity index (χ1) is 15.2. The number of guanidine groups is 1. The van der Waals surface area contributed by atoms with Gasteiger partial charge in [0.05, 0.1) is 22.9 Å². The van der Waals surface area contributed by atoms with E-state index in [2.05, 4.69) is 37.7 Å². The number of amides is 2. The van der Waals surface area contributed by atoms with Gasteiger partial charge in [0.1, 0.15) is 5.82 Å². The Labute approximate surface area is 181 Å². The molecule has 0 spiro atoms. The highest BCUT2D eigenvalue weighted by Gasteiger charge is 2.58. The molecule has 5 rings (SSSR count). The number of allylic oxidation sites excluding steroid dienone is 2. The lowest BCUT2D eigenvalue weighted by Crippen LogP contribution is -2.44. The number of fused-ring (bicyclic) bond motifs is 6. The third-order valence-corrected chi connectivity index (χ3v) is 6.73. The van der Waals surface area contributed by atoms with Crippen LogP contribution in [0.5, 0.6) is 0 Å². The van der Waals surface area contributed by atoms with Gasteiger partial charge in [0.25, 0.3) is 0 Å². The molecule has 31 heavy (non-hydrogen) atoms. The summed E-state index contributed by atoms with van der Waals surface area (Å²) in [7, 11) is 1.72. The molecule has 3 N–H and O–H groups in total. The van der Waals surface area contributed by atoms with Gasteiger partial charge in [-0.05, 0) is 36.8 Å². The molecule has 2 bridgehead atoms. The van der Waals surface area contributed by atoms with Crippen LogP contribution in [0.25, 0.3) is 11.0 Å². The van der Waals surface area contributed by atoms with E-state index in [0.717, 1.165) is 42.7 Å². The lowest BCUT2D eigenvalue weighted by atomic mass is 9.85. The number of likely N-dealkylation sites (tertiary alicyclic amines) is 1. The summed E-state index contributed by atoms with van der Waals surface area (Å²) in [6, 6.07) is 8.02. The maximum absolute atomic E-state index is 12.7. The van der Waals surface area contributed by atoms with Crippen molar-refractivity contribution in [3.05, 3.63) is 42.2 Å². The van der Waals surface area contributed by atoms with Crippen molar-refractivity contribution in [2.75, 3.05) is 26.7 Å². The summed E-state index contributed by atoms with van der Waals surface area (Å²) in [5, 5.41) is 6.50. The average Bonchev–Trinajstić information content (AvgIpc) is 3.54. The van der Waals surface area contributed by atoms with E-state index < -0.39 is 0 Å². The van der Waals surface area contributed by atoms with Crippen LogP contribution in [-0.4, -0.2) is 59.3 Å². The van der Waals surface area contributed by atoms with Crippen LogP contribution in [-0.2, 0) is 16.0 Å². The van der Waals surface area contributed by atoms with Gasteiger partial charge < -0.3 is 15.6 Å². The number of H-pyrrole nitrogens is 1. The zero-order valence-corrected chi connectivity index (χ0v) is 17.7. The molecule has 2 amide bonds. The molecule has 2 aliphatic carbocycles. The quantitative estimate of drug-likeness (QED) is 0.207. The summed E-state index contributed by atoms with van der Waals surface area (Å²) in [5.41, 5.74) is 2.05. The number of carbonyl (C=O) groups is 2. The molecule has 1 aliphatic heterocycles. The van der Waals surface area contributed by atoms with E-state index in [-0.39, 0.29) is 35.5 Å². The van der Waals surface area contributed by atoms with Crippen LogP contribution in [0.4, 0.5) is 0 Å². The molecule has 1 aromatic heterocycles. The molecule has 2 heterocycles. The Hall–Kier alpha value is -3.16. The second-order valence-corrected chi connectivity index (χ2v) is 8.56. The van der Waals surface area contributed by atoms with Crippen molar-refractivity contribution in [1.29, 1.82) is 0 Å². The van der Waals surface area contributed by atoms with Gasteiger partial charge in [0, 0.05) is 33.1 Å². The Morgan fingerprint density at radius 3 is 2.55 bits per heavy atom. The maximum atomic E-state index is 12.7. The van der Waals surface area contributed by atoms with Crippen molar-refractivity contribution in [2.45, 2.75) is 19.3 Å². The number of carbonyl (C=O) groups excluding carboxylic acids is 2. The van der Waals surface area contributed by atoms with E-state index in [1.807, 2.05) is 24.3 Å². The van der Waals surface area contributed by atoms with Crippen molar-refractivity contribution in [2.24, 2.45) is 28.7 Å². The Kier molecular flexibility index (Phi) is 5.21. The molecule has 2 fully saturated rings. The van der Waals surface area contributed by atoms with Crippen LogP contribution in [0.15, 0.2) is 41.4 Å². The lowest BCUT2D eigenvalue weighted by molar-refractivity contribution is -0.140. The molecule has 162 valence electrons. The number of rotatable bonds is 7. The number of aryl methyl sites for hydroxylation is 1. The third kappa shape index (κ3) is 3.60. The molecular weight excluding hydrogens is 392 g/mol. The predicted molar refractivity (Wildman–Crippen MR) is 118 cm³/mol. The smallest absolute Gasteiger partial charge is 0.233 e. The fourth-order valence-electron chi connectivity index (χ4n) is 5.28. The monoisotopic (exact) mass is 420 g/mol. The Morgan fingerprint density at radius 1 is 1.13 bits per heavy atom. The van der Waals surface area contributed by atoms with Crippen LogP contribution < -0.4 is 10.6 Å². The number of para-hydroxylation sites is 2. The van der Waals surface area contributed by atoms with Gasteiger partial charge in [-0.25, -0.2) is 4.98 Å². The van der Waals surface area contributed by atoms with Crippen molar-refractivity contribution in [3.8, 4) is 0 Å². The van der Waals surface area contributed by atoms with Crippen LogP contribution in [0, 0.1) is 23.7 Å². The number of aromatic nitrogens is 2. The number of nitrogens with one attached hydrogen (secondary N) is 3. The van der Waals surface area contributed by atoms with Gasteiger partial charge in [-0.15, -0.1) is 0 Å². The molecule has 1 aromatic carbocycles. The van der Waals surface area contributed by atoms with Crippen LogP contribution in [0.2, 0.25) is 0 Å². The molecule has 1 saturated carbocycles. The summed E-state index contributed by atoms with van der Waals surface area (Å²) in [5.74, 6) is 1.91. The molecule has 8 heteroatoms. The summed E-state index contributed by atoms with van der Waals surface area (Å²) in [4.78, 5) is 39.1. The minimum atomic E-state index is -0.127. The molecule has 4 atom stereocenters. The predicted octanol–water partition coefficient (Wildman–Crippen LogP) is 1.47. The van der Waals surface area contributed by atoms with E-state index in [9.17, 15) is 9.59 Å². The number of imidazole rings is 1. The van der Waals surface area contributed by atoms with E-state index in [1.54, 1.807) is 7.05 Å². The van der Waals surface area contributed by atoms with E-state index in [0.29, 0.717) is 19.0 Å². The first-order valence-electron chi connectivity index (χ1n) is 11.1. The number of imide groups is 1. The maximum Gasteiger partial charge on any atom is 0.233 e. The summed E-state index contributed by atoms with van der Waals surface area (Å²) >= 11 is 0. The average molecular weight is 421 g/mol. The molecular formula is C23H28N6O2. The SMILES string of the molecule is CN=C(NCCCc1nc2ccccc2[nH]1)NCCN1C(=O)C2C3C=CC(C3)C2C1=O. The Bertz CT molecular complexity index is 994. The van der Waals surface area contributed by atoms with E-state index in [1.165, 1.54) is 4.90 Å². The zero-order valence-electron chi connectivity index (χ0n) is 17.7. The number of hydrogen-bond donors (Lipinski definition) is 3. The largest absolute Gasteiger partial charge is 0.356 e. The minimum Gasteiger partial charge on any atom is -0.356 e. The molecule has 1 saturated heterocycles. The van der Waals surface area contributed by atoms with E-state index in [4.69, 9.17) is 0 Å². The van der Waals surface area contributed by atoms with E-state index >= 15 is 0 Å². The first-order valence-corrected chi connectivity index (χ1v) is 11.1. The zero-order chi connectivity index (χ0) is 21.4. The topological polar surface area (TPSA) is 102 Å². The molecule has 4 unspecified atom stereocenters. The first kappa shape index (κ1) is 19.8. The van der Waals surface area contributed by atoms with Crippen LogP contribution in [0.1, 0.15) is 18.7 Å². The van der Waals surface area contributed by atoms with Crippen molar-refractivity contribution < 1.29 is 9.59 Å². The molecule has 2 aromatic rings. The Balaban J connectivity index is 1.05. The summed E-state index contributed by atoms with van der Waals surface area (Å²) in [6.45, 7) is 1.62.